The first kappa shape index (κ1) is 17.3. The van der Waals surface area contributed by atoms with E-state index < -0.39 is 24.1 Å². The number of carbonyl (C=O) groups excluding carboxylic acids is 2. The number of carboxylic acid groups (broad SMARTS) is 1. The number of aliphatic hydroxyl groups excluding tert-OH is 2. The Hall–Kier alpha value is -0.140. The third-order valence-electron chi connectivity index (χ3n) is 1.64. The maximum atomic E-state index is 11.0. The second kappa shape index (κ2) is 9.11. The standard InChI is InChI=1S/C8H15NO5.Na/c1-2-3-4-9-7(12)5(10)6(11)8(13)14;/h5-6,10-11H,2-4H2,1H3,(H,9,12)(H,13,14);/q;+1/p-1/t5-,6-;/m1./s1. The molecule has 0 aromatic rings. The molecule has 2 atom stereocenters. The molecule has 0 saturated carbocycles. The molecule has 0 radical (unpaired) electrons. The molecule has 0 aliphatic rings. The van der Waals surface area contributed by atoms with Gasteiger partial charge >= 0.3 is 29.6 Å². The fourth-order valence-corrected chi connectivity index (χ4v) is 0.765. The van der Waals surface area contributed by atoms with Crippen LogP contribution in [0, 0.1) is 0 Å². The zero-order valence-corrected chi connectivity index (χ0v) is 10.9. The third kappa shape index (κ3) is 6.86. The van der Waals surface area contributed by atoms with Crippen LogP contribution in [0.2, 0.25) is 0 Å². The van der Waals surface area contributed by atoms with Crippen molar-refractivity contribution in [2.24, 2.45) is 0 Å². The molecule has 0 unspecified atom stereocenters. The van der Waals surface area contributed by atoms with Gasteiger partial charge in [-0.2, -0.15) is 0 Å². The molecule has 0 rings (SSSR count). The van der Waals surface area contributed by atoms with Crippen LogP contribution in [0.1, 0.15) is 19.8 Å². The Morgan fingerprint density at radius 1 is 1.33 bits per heavy atom. The molecule has 0 spiro atoms. The van der Waals surface area contributed by atoms with Crippen molar-refractivity contribution in [2.75, 3.05) is 6.54 Å². The molecule has 0 saturated heterocycles. The summed E-state index contributed by atoms with van der Waals surface area (Å²) in [5.41, 5.74) is 0. The minimum Gasteiger partial charge on any atom is -0.547 e. The maximum Gasteiger partial charge on any atom is 1.00 e. The predicted molar refractivity (Wildman–Crippen MR) is 44.9 cm³/mol. The Morgan fingerprint density at radius 2 is 1.87 bits per heavy atom. The second-order valence-corrected chi connectivity index (χ2v) is 2.85. The quantitative estimate of drug-likeness (QED) is 0.309. The van der Waals surface area contributed by atoms with Crippen LogP contribution in [0.3, 0.4) is 0 Å². The van der Waals surface area contributed by atoms with E-state index in [2.05, 4.69) is 5.32 Å². The topological polar surface area (TPSA) is 110 Å². The molecule has 82 valence electrons. The first-order chi connectivity index (χ1) is 6.50. The zero-order valence-electron chi connectivity index (χ0n) is 8.90. The number of hydrogen-bond donors (Lipinski definition) is 3. The summed E-state index contributed by atoms with van der Waals surface area (Å²) < 4.78 is 0. The maximum absolute atomic E-state index is 11.0. The van der Waals surface area contributed by atoms with E-state index in [-0.39, 0.29) is 29.6 Å². The van der Waals surface area contributed by atoms with Crippen molar-refractivity contribution < 1.29 is 54.5 Å². The van der Waals surface area contributed by atoms with Crippen LogP contribution in [0.15, 0.2) is 0 Å². The van der Waals surface area contributed by atoms with Gasteiger partial charge in [0.1, 0.15) is 6.10 Å². The average Bonchev–Trinajstić information content (AvgIpc) is 2.15. The Morgan fingerprint density at radius 3 is 2.27 bits per heavy atom. The molecule has 0 bridgehead atoms. The Labute approximate surface area is 110 Å². The van der Waals surface area contributed by atoms with Crippen molar-refractivity contribution >= 4 is 11.9 Å². The summed E-state index contributed by atoms with van der Waals surface area (Å²) in [6.07, 6.45) is -2.58. The molecular weight excluding hydrogens is 213 g/mol. The first-order valence-electron chi connectivity index (χ1n) is 4.35. The van der Waals surface area contributed by atoms with E-state index in [9.17, 15) is 14.7 Å². The summed E-state index contributed by atoms with van der Waals surface area (Å²) in [6, 6.07) is 0. The van der Waals surface area contributed by atoms with Crippen LogP contribution in [-0.4, -0.2) is 40.8 Å². The molecule has 0 heterocycles. The largest absolute Gasteiger partial charge is 1.00 e. The summed E-state index contributed by atoms with van der Waals surface area (Å²) in [7, 11) is 0. The smallest absolute Gasteiger partial charge is 0.547 e. The van der Waals surface area contributed by atoms with Gasteiger partial charge in [-0.1, -0.05) is 13.3 Å². The molecule has 0 aliphatic carbocycles. The van der Waals surface area contributed by atoms with E-state index in [0.29, 0.717) is 6.54 Å². The van der Waals surface area contributed by atoms with E-state index in [0.717, 1.165) is 12.8 Å². The van der Waals surface area contributed by atoms with Crippen LogP contribution in [0.5, 0.6) is 0 Å². The van der Waals surface area contributed by atoms with Crippen LogP contribution in [0.4, 0.5) is 0 Å². The summed E-state index contributed by atoms with van der Waals surface area (Å²) in [4.78, 5) is 21.0. The van der Waals surface area contributed by atoms with Gasteiger partial charge in [0.05, 0.1) is 5.97 Å². The van der Waals surface area contributed by atoms with E-state index in [4.69, 9.17) is 10.2 Å². The third-order valence-corrected chi connectivity index (χ3v) is 1.64. The summed E-state index contributed by atoms with van der Waals surface area (Å²) in [5, 5.41) is 30.1. The minimum atomic E-state index is -2.18. The van der Waals surface area contributed by atoms with E-state index in [1.807, 2.05) is 6.92 Å². The summed E-state index contributed by atoms with van der Waals surface area (Å²) in [5.74, 6) is -2.78. The Bertz CT molecular complexity index is 211. The molecular formula is C8H14NNaO5. The van der Waals surface area contributed by atoms with Crippen molar-refractivity contribution in [3.05, 3.63) is 0 Å². The SMILES string of the molecule is CCCCNC(=O)[C@H](O)[C@@H](O)C(=O)[O-].[Na+]. The molecule has 15 heavy (non-hydrogen) atoms. The Balaban J connectivity index is 0. The molecule has 3 N–H and O–H groups in total. The van der Waals surface area contributed by atoms with Gasteiger partial charge in [-0.25, -0.2) is 0 Å². The number of carboxylic acids is 1. The van der Waals surface area contributed by atoms with E-state index in [1.54, 1.807) is 0 Å². The first-order valence-corrected chi connectivity index (χ1v) is 4.35. The molecule has 0 aliphatic heterocycles. The van der Waals surface area contributed by atoms with E-state index >= 15 is 0 Å². The number of hydrogen-bond acceptors (Lipinski definition) is 5. The van der Waals surface area contributed by atoms with E-state index in [1.165, 1.54) is 0 Å². The minimum absolute atomic E-state index is 0. The molecule has 0 aromatic heterocycles. The summed E-state index contributed by atoms with van der Waals surface area (Å²) in [6.45, 7) is 2.25. The van der Waals surface area contributed by atoms with Crippen LogP contribution >= 0.6 is 0 Å². The van der Waals surface area contributed by atoms with Gasteiger partial charge in [0.15, 0.2) is 6.10 Å². The average molecular weight is 227 g/mol. The van der Waals surface area contributed by atoms with Crippen molar-refractivity contribution in [1.29, 1.82) is 0 Å². The number of aliphatic carboxylic acids is 1. The number of aliphatic hydroxyl groups is 2. The second-order valence-electron chi connectivity index (χ2n) is 2.85. The predicted octanol–water partition coefficient (Wildman–Crippen LogP) is -5.62. The van der Waals surface area contributed by atoms with Gasteiger partial charge < -0.3 is 25.4 Å². The van der Waals surface area contributed by atoms with Gasteiger partial charge in [-0.3, -0.25) is 4.79 Å². The van der Waals surface area contributed by atoms with Crippen molar-refractivity contribution in [1.82, 2.24) is 5.32 Å². The molecule has 0 fully saturated rings. The van der Waals surface area contributed by atoms with Gasteiger partial charge in [0, 0.05) is 6.54 Å². The van der Waals surface area contributed by atoms with Crippen LogP contribution in [0.25, 0.3) is 0 Å². The van der Waals surface area contributed by atoms with Gasteiger partial charge in [-0.15, -0.1) is 0 Å². The number of amides is 1. The van der Waals surface area contributed by atoms with Crippen molar-refractivity contribution in [3.8, 4) is 0 Å². The number of carbonyl (C=O) groups is 2. The summed E-state index contributed by atoms with van der Waals surface area (Å²) >= 11 is 0. The fourth-order valence-electron chi connectivity index (χ4n) is 0.765. The van der Waals surface area contributed by atoms with Gasteiger partial charge in [-0.05, 0) is 6.42 Å². The van der Waals surface area contributed by atoms with Crippen LogP contribution in [-0.2, 0) is 9.59 Å². The number of rotatable bonds is 6. The van der Waals surface area contributed by atoms with Crippen molar-refractivity contribution in [3.63, 3.8) is 0 Å². The van der Waals surface area contributed by atoms with Gasteiger partial charge in [0.25, 0.3) is 5.91 Å². The molecule has 7 heteroatoms. The molecule has 1 amide bonds. The molecule has 6 nitrogen and oxygen atoms in total. The Kier molecular flexibility index (Phi) is 10.5. The monoisotopic (exact) mass is 227 g/mol. The molecule has 0 aromatic carbocycles. The van der Waals surface area contributed by atoms with Crippen LogP contribution < -0.4 is 40.0 Å². The fraction of sp³-hybridized carbons (Fsp3) is 0.750. The zero-order chi connectivity index (χ0) is 11.1. The number of unbranched alkanes of at least 4 members (excludes halogenated alkanes) is 1. The van der Waals surface area contributed by atoms with Crippen molar-refractivity contribution in [2.45, 2.75) is 32.0 Å². The normalized spacial score (nSPS) is 13.5. The van der Waals surface area contributed by atoms with Gasteiger partial charge in [0.2, 0.25) is 0 Å². The number of nitrogens with one attached hydrogen (secondary N) is 1.